The number of ketones is 1. The molecule has 1 aliphatic rings. The lowest BCUT2D eigenvalue weighted by Gasteiger charge is -2.10. The molecule has 4 aromatic rings. The average molecular weight is 392 g/mol. The predicted molar refractivity (Wildman–Crippen MR) is 111 cm³/mol. The van der Waals surface area contributed by atoms with E-state index in [1.165, 1.54) is 12.1 Å². The van der Waals surface area contributed by atoms with Gasteiger partial charge < -0.3 is 5.73 Å². The van der Waals surface area contributed by atoms with E-state index in [1.807, 2.05) is 24.3 Å². The first-order chi connectivity index (χ1) is 14.6. The number of nitrogens with two attached hydrogens (primary N) is 1. The third kappa shape index (κ3) is 2.65. The number of carbonyl (C=O) groups is 1. The van der Waals surface area contributed by atoms with E-state index >= 15 is 0 Å². The fourth-order valence-corrected chi connectivity index (χ4v) is 3.79. The summed E-state index contributed by atoms with van der Waals surface area (Å²) >= 11 is 0. The number of carbonyl (C=O) groups excluding carboxylic acids is 1. The molecule has 0 amide bonds. The van der Waals surface area contributed by atoms with Crippen LogP contribution in [0.4, 0.5) is 10.3 Å². The summed E-state index contributed by atoms with van der Waals surface area (Å²) in [5.41, 5.74) is 11.2. The highest BCUT2D eigenvalue weighted by Gasteiger charge is 2.34. The van der Waals surface area contributed by atoms with E-state index in [9.17, 15) is 9.18 Å². The second-order valence-corrected chi connectivity index (χ2v) is 6.91. The van der Waals surface area contributed by atoms with E-state index in [4.69, 9.17) is 11.0 Å². The second-order valence-electron chi connectivity index (χ2n) is 6.91. The maximum atomic E-state index is 13.4. The van der Waals surface area contributed by atoms with E-state index in [2.05, 4.69) is 16.0 Å². The SMILES string of the molecule is N#Cc1ccc(-c2cccc3c2-c2nc(N)nc(-c4ccc(F)cc4)c2C3=O)cc1. The van der Waals surface area contributed by atoms with Gasteiger partial charge >= 0.3 is 0 Å². The molecule has 0 spiro atoms. The standard InChI is InChI=1S/C24H13FN4O/c25-16-10-8-15(9-11-16)21-20-22(29-24(27)28-21)19-17(2-1-3-18(19)23(20)30)14-6-4-13(12-26)5-7-14/h1-11H,(H2,27,28,29). The van der Waals surface area contributed by atoms with Gasteiger partial charge in [-0.05, 0) is 47.5 Å². The summed E-state index contributed by atoms with van der Waals surface area (Å²) in [7, 11) is 0. The molecular formula is C24H13FN4O. The molecule has 6 heteroatoms. The highest BCUT2D eigenvalue weighted by Crippen LogP contribution is 2.44. The maximum absolute atomic E-state index is 13.4. The first-order valence-electron chi connectivity index (χ1n) is 9.19. The van der Waals surface area contributed by atoms with Crippen LogP contribution in [0.2, 0.25) is 0 Å². The molecule has 5 rings (SSSR count). The van der Waals surface area contributed by atoms with Gasteiger partial charge in [-0.1, -0.05) is 30.3 Å². The van der Waals surface area contributed by atoms with Gasteiger partial charge in [0.05, 0.1) is 28.6 Å². The Labute approximate surface area is 171 Å². The number of benzene rings is 3. The zero-order valence-electron chi connectivity index (χ0n) is 15.6. The van der Waals surface area contributed by atoms with Gasteiger partial charge in [0, 0.05) is 16.7 Å². The molecule has 3 aromatic carbocycles. The van der Waals surface area contributed by atoms with Gasteiger partial charge in [-0.25, -0.2) is 14.4 Å². The Bertz CT molecular complexity index is 1370. The van der Waals surface area contributed by atoms with Gasteiger partial charge in [-0.2, -0.15) is 5.26 Å². The van der Waals surface area contributed by atoms with E-state index in [0.29, 0.717) is 39.2 Å². The van der Waals surface area contributed by atoms with Crippen molar-refractivity contribution in [1.82, 2.24) is 9.97 Å². The summed E-state index contributed by atoms with van der Waals surface area (Å²) in [6, 6.07) is 20.4. The van der Waals surface area contributed by atoms with Crippen molar-refractivity contribution in [3.8, 4) is 39.7 Å². The lowest BCUT2D eigenvalue weighted by atomic mass is 9.95. The fourth-order valence-electron chi connectivity index (χ4n) is 3.79. The smallest absolute Gasteiger partial charge is 0.221 e. The van der Waals surface area contributed by atoms with Gasteiger partial charge in [0.15, 0.2) is 5.78 Å². The number of rotatable bonds is 2. The number of nitrogens with zero attached hydrogens (tertiary/aromatic N) is 3. The third-order valence-electron chi connectivity index (χ3n) is 5.14. The van der Waals surface area contributed by atoms with Gasteiger partial charge in [-0.15, -0.1) is 0 Å². The molecule has 0 saturated carbocycles. The largest absolute Gasteiger partial charge is 0.368 e. The molecule has 0 radical (unpaired) electrons. The molecule has 0 atom stereocenters. The number of anilines is 1. The topological polar surface area (TPSA) is 92.7 Å². The molecule has 1 heterocycles. The van der Waals surface area contributed by atoms with Crippen molar-refractivity contribution in [2.24, 2.45) is 0 Å². The molecular weight excluding hydrogens is 379 g/mol. The molecule has 0 fully saturated rings. The zero-order valence-corrected chi connectivity index (χ0v) is 15.6. The lowest BCUT2D eigenvalue weighted by molar-refractivity contribution is 0.104. The molecule has 0 aliphatic heterocycles. The van der Waals surface area contributed by atoms with Crippen molar-refractivity contribution in [1.29, 1.82) is 5.26 Å². The minimum absolute atomic E-state index is 0.0309. The van der Waals surface area contributed by atoms with E-state index < -0.39 is 0 Å². The number of halogens is 1. The number of fused-ring (bicyclic) bond motifs is 3. The van der Waals surface area contributed by atoms with Crippen LogP contribution in [0.3, 0.4) is 0 Å². The molecule has 2 N–H and O–H groups in total. The number of hydrogen-bond acceptors (Lipinski definition) is 5. The van der Waals surface area contributed by atoms with Crippen LogP contribution in [0.15, 0.2) is 66.7 Å². The van der Waals surface area contributed by atoms with Crippen LogP contribution in [0, 0.1) is 17.1 Å². The molecule has 0 unspecified atom stereocenters. The van der Waals surface area contributed by atoms with E-state index in [0.717, 1.165) is 11.1 Å². The lowest BCUT2D eigenvalue weighted by Crippen LogP contribution is -2.05. The zero-order chi connectivity index (χ0) is 20.8. The van der Waals surface area contributed by atoms with Crippen molar-refractivity contribution in [3.05, 3.63) is 89.2 Å². The molecule has 0 saturated heterocycles. The minimum Gasteiger partial charge on any atom is -0.368 e. The van der Waals surface area contributed by atoms with E-state index in [-0.39, 0.29) is 17.5 Å². The summed E-state index contributed by atoms with van der Waals surface area (Å²) < 4.78 is 13.4. The summed E-state index contributed by atoms with van der Waals surface area (Å²) in [5, 5.41) is 9.06. The monoisotopic (exact) mass is 392 g/mol. The van der Waals surface area contributed by atoms with Gasteiger partial charge in [0.2, 0.25) is 5.95 Å². The van der Waals surface area contributed by atoms with Crippen LogP contribution in [0.25, 0.3) is 33.6 Å². The fraction of sp³-hybridized carbons (Fsp3) is 0. The molecule has 0 bridgehead atoms. The van der Waals surface area contributed by atoms with Gasteiger partial charge in [0.1, 0.15) is 5.82 Å². The molecule has 30 heavy (non-hydrogen) atoms. The summed E-state index contributed by atoms with van der Waals surface area (Å²) in [5.74, 6) is -0.548. The van der Waals surface area contributed by atoms with Crippen molar-refractivity contribution < 1.29 is 9.18 Å². The van der Waals surface area contributed by atoms with E-state index in [1.54, 1.807) is 30.3 Å². The minimum atomic E-state index is -0.380. The summed E-state index contributed by atoms with van der Waals surface area (Å²) in [6.07, 6.45) is 0. The Morgan fingerprint density at radius 2 is 1.43 bits per heavy atom. The van der Waals surface area contributed by atoms with Crippen molar-refractivity contribution in [2.75, 3.05) is 5.73 Å². The number of nitrogen functional groups attached to an aromatic ring is 1. The van der Waals surface area contributed by atoms with Crippen molar-refractivity contribution in [3.63, 3.8) is 0 Å². The van der Waals surface area contributed by atoms with Gasteiger partial charge in [0.25, 0.3) is 0 Å². The summed E-state index contributed by atoms with van der Waals surface area (Å²) in [6.45, 7) is 0. The Morgan fingerprint density at radius 1 is 0.800 bits per heavy atom. The van der Waals surface area contributed by atoms with Gasteiger partial charge in [-0.3, -0.25) is 4.79 Å². The number of nitriles is 1. The van der Waals surface area contributed by atoms with Crippen LogP contribution in [-0.4, -0.2) is 15.8 Å². The van der Waals surface area contributed by atoms with Crippen LogP contribution in [0.5, 0.6) is 0 Å². The van der Waals surface area contributed by atoms with Crippen LogP contribution in [-0.2, 0) is 0 Å². The normalized spacial score (nSPS) is 11.7. The van der Waals surface area contributed by atoms with Crippen molar-refractivity contribution in [2.45, 2.75) is 0 Å². The Hall–Kier alpha value is -4.37. The average Bonchev–Trinajstić information content (AvgIpc) is 3.06. The van der Waals surface area contributed by atoms with Crippen LogP contribution >= 0.6 is 0 Å². The first-order valence-corrected chi connectivity index (χ1v) is 9.19. The summed E-state index contributed by atoms with van der Waals surface area (Å²) in [4.78, 5) is 22.0. The molecule has 1 aliphatic carbocycles. The second kappa shape index (κ2) is 6.61. The quantitative estimate of drug-likeness (QED) is 0.473. The predicted octanol–water partition coefficient (Wildman–Crippen LogP) is 4.61. The molecule has 1 aromatic heterocycles. The number of aromatic nitrogens is 2. The highest BCUT2D eigenvalue weighted by atomic mass is 19.1. The van der Waals surface area contributed by atoms with Crippen molar-refractivity contribution >= 4 is 11.7 Å². The number of hydrogen-bond donors (Lipinski definition) is 1. The Balaban J connectivity index is 1.77. The third-order valence-corrected chi connectivity index (χ3v) is 5.14. The Morgan fingerprint density at radius 3 is 2.13 bits per heavy atom. The van der Waals surface area contributed by atoms with Crippen LogP contribution in [0.1, 0.15) is 21.5 Å². The Kier molecular flexibility index (Phi) is 3.90. The molecule has 142 valence electrons. The highest BCUT2D eigenvalue weighted by molar-refractivity contribution is 6.25. The first kappa shape index (κ1) is 17.7. The molecule has 5 nitrogen and oxygen atoms in total. The maximum Gasteiger partial charge on any atom is 0.221 e. The van der Waals surface area contributed by atoms with Crippen LogP contribution < -0.4 is 5.73 Å².